The van der Waals surface area contributed by atoms with Crippen LogP contribution in [0.15, 0.2) is 22.7 Å². The van der Waals surface area contributed by atoms with E-state index in [4.69, 9.17) is 21.2 Å². The van der Waals surface area contributed by atoms with Crippen LogP contribution >= 0.6 is 11.6 Å². The Bertz CT molecular complexity index is 637. The first-order valence-corrected chi connectivity index (χ1v) is 5.97. The predicted octanol–water partition coefficient (Wildman–Crippen LogP) is 3.96. The molecule has 0 unspecified atom stereocenters. The Labute approximate surface area is 113 Å². The van der Waals surface area contributed by atoms with Crippen molar-refractivity contribution < 1.29 is 18.8 Å². The molecule has 0 amide bonds. The van der Waals surface area contributed by atoms with E-state index in [2.05, 4.69) is 5.16 Å². The standard InChI is InChI=1S/C13H11ClFNO3/c1-6(2)8-3-7(4-9(14)12(8)15)11-5-10(13(17)18)16-19-11/h3-6H,1-2H3,(H,17,18). The van der Waals surface area contributed by atoms with Gasteiger partial charge >= 0.3 is 5.97 Å². The zero-order valence-electron chi connectivity index (χ0n) is 10.3. The van der Waals surface area contributed by atoms with Crippen LogP contribution in [-0.2, 0) is 0 Å². The number of aromatic carboxylic acids is 1. The quantitative estimate of drug-likeness (QED) is 0.926. The van der Waals surface area contributed by atoms with Gasteiger partial charge in [-0.15, -0.1) is 0 Å². The summed E-state index contributed by atoms with van der Waals surface area (Å²) >= 11 is 5.83. The molecule has 19 heavy (non-hydrogen) atoms. The Balaban J connectivity index is 2.53. The molecule has 1 aromatic heterocycles. The van der Waals surface area contributed by atoms with Gasteiger partial charge in [-0.1, -0.05) is 30.6 Å². The van der Waals surface area contributed by atoms with Gasteiger partial charge in [-0.2, -0.15) is 0 Å². The van der Waals surface area contributed by atoms with E-state index in [1.54, 1.807) is 6.07 Å². The zero-order valence-corrected chi connectivity index (χ0v) is 11.0. The maximum absolute atomic E-state index is 13.8. The number of benzene rings is 1. The van der Waals surface area contributed by atoms with Crippen LogP contribution < -0.4 is 0 Å². The van der Waals surface area contributed by atoms with E-state index in [1.165, 1.54) is 12.1 Å². The highest BCUT2D eigenvalue weighted by atomic mass is 35.5. The van der Waals surface area contributed by atoms with Crippen LogP contribution in [-0.4, -0.2) is 16.2 Å². The Morgan fingerprint density at radius 3 is 2.63 bits per heavy atom. The smallest absolute Gasteiger partial charge is 0.358 e. The van der Waals surface area contributed by atoms with Gasteiger partial charge in [0, 0.05) is 11.6 Å². The highest BCUT2D eigenvalue weighted by Gasteiger charge is 2.17. The third kappa shape index (κ3) is 2.61. The first-order valence-electron chi connectivity index (χ1n) is 5.59. The summed E-state index contributed by atoms with van der Waals surface area (Å²) < 4.78 is 18.7. The average Bonchev–Trinajstić information content (AvgIpc) is 2.81. The Kier molecular flexibility index (Phi) is 3.57. The van der Waals surface area contributed by atoms with Crippen LogP contribution in [0.5, 0.6) is 0 Å². The summed E-state index contributed by atoms with van der Waals surface area (Å²) in [5, 5.41) is 12.2. The lowest BCUT2D eigenvalue weighted by molar-refractivity contribution is 0.0686. The summed E-state index contributed by atoms with van der Waals surface area (Å²) in [6, 6.07) is 4.24. The Morgan fingerprint density at radius 2 is 2.11 bits per heavy atom. The molecule has 1 N–H and O–H groups in total. The highest BCUT2D eigenvalue weighted by Crippen LogP contribution is 2.31. The molecule has 0 fully saturated rings. The van der Waals surface area contributed by atoms with Crippen LogP contribution in [0.25, 0.3) is 11.3 Å². The first-order chi connectivity index (χ1) is 8.90. The van der Waals surface area contributed by atoms with Crippen molar-refractivity contribution in [1.82, 2.24) is 5.16 Å². The fourth-order valence-corrected chi connectivity index (χ4v) is 1.91. The van der Waals surface area contributed by atoms with E-state index >= 15 is 0 Å². The minimum Gasteiger partial charge on any atom is -0.476 e. The largest absolute Gasteiger partial charge is 0.476 e. The minimum atomic E-state index is -1.19. The van der Waals surface area contributed by atoms with Crippen molar-refractivity contribution >= 4 is 17.6 Å². The molecule has 1 heterocycles. The molecule has 0 aliphatic rings. The Morgan fingerprint density at radius 1 is 1.42 bits per heavy atom. The number of hydrogen-bond donors (Lipinski definition) is 1. The molecule has 0 saturated heterocycles. The van der Waals surface area contributed by atoms with Gasteiger partial charge < -0.3 is 9.63 Å². The summed E-state index contributed by atoms with van der Waals surface area (Å²) in [5.41, 5.74) is 0.729. The second-order valence-corrected chi connectivity index (χ2v) is 4.80. The maximum atomic E-state index is 13.8. The summed E-state index contributed by atoms with van der Waals surface area (Å²) in [6.07, 6.45) is 0. The van der Waals surface area contributed by atoms with Gasteiger partial charge in [-0.05, 0) is 23.6 Å². The average molecular weight is 284 g/mol. The van der Waals surface area contributed by atoms with Crippen molar-refractivity contribution in [3.8, 4) is 11.3 Å². The lowest BCUT2D eigenvalue weighted by atomic mass is 9.99. The van der Waals surface area contributed by atoms with Gasteiger partial charge in [-0.3, -0.25) is 0 Å². The highest BCUT2D eigenvalue weighted by molar-refractivity contribution is 6.31. The molecule has 0 radical (unpaired) electrons. The minimum absolute atomic E-state index is 0.0329. The van der Waals surface area contributed by atoms with E-state index < -0.39 is 11.8 Å². The molecule has 6 heteroatoms. The van der Waals surface area contributed by atoms with E-state index in [0.717, 1.165) is 0 Å². The third-order valence-corrected chi connectivity index (χ3v) is 2.97. The van der Waals surface area contributed by atoms with E-state index in [-0.39, 0.29) is 22.4 Å². The zero-order chi connectivity index (χ0) is 14.2. The molecule has 0 aliphatic heterocycles. The molecular formula is C13H11ClFNO3. The van der Waals surface area contributed by atoms with Gasteiger partial charge in [-0.25, -0.2) is 9.18 Å². The summed E-state index contributed by atoms with van der Waals surface area (Å²) in [6.45, 7) is 3.67. The SMILES string of the molecule is CC(C)c1cc(-c2cc(C(=O)O)no2)cc(Cl)c1F. The number of nitrogens with zero attached hydrogens (tertiary/aromatic N) is 1. The molecule has 0 bridgehead atoms. The van der Waals surface area contributed by atoms with Gasteiger partial charge in [0.15, 0.2) is 11.5 Å². The molecule has 1 aromatic carbocycles. The van der Waals surface area contributed by atoms with E-state index in [9.17, 15) is 9.18 Å². The van der Waals surface area contributed by atoms with Crippen LogP contribution in [0.1, 0.15) is 35.8 Å². The van der Waals surface area contributed by atoms with E-state index in [1.807, 2.05) is 13.8 Å². The maximum Gasteiger partial charge on any atom is 0.358 e. The van der Waals surface area contributed by atoms with Crippen molar-refractivity contribution in [1.29, 1.82) is 0 Å². The summed E-state index contributed by atoms with van der Waals surface area (Å²) in [4.78, 5) is 10.7. The van der Waals surface area contributed by atoms with Gasteiger partial charge in [0.2, 0.25) is 0 Å². The molecular weight excluding hydrogens is 273 g/mol. The number of rotatable bonds is 3. The molecule has 4 nitrogen and oxygen atoms in total. The van der Waals surface area contributed by atoms with E-state index in [0.29, 0.717) is 11.1 Å². The van der Waals surface area contributed by atoms with Crippen molar-refractivity contribution in [2.75, 3.05) is 0 Å². The second kappa shape index (κ2) is 5.01. The topological polar surface area (TPSA) is 63.3 Å². The lowest BCUT2D eigenvalue weighted by Gasteiger charge is -2.09. The molecule has 2 rings (SSSR count). The lowest BCUT2D eigenvalue weighted by Crippen LogP contribution is -1.95. The fraction of sp³-hybridized carbons (Fsp3) is 0.231. The number of carboxylic acids is 1. The van der Waals surface area contributed by atoms with Crippen molar-refractivity contribution in [2.24, 2.45) is 0 Å². The van der Waals surface area contributed by atoms with Crippen LogP contribution in [0, 0.1) is 5.82 Å². The first kappa shape index (κ1) is 13.5. The second-order valence-electron chi connectivity index (χ2n) is 4.40. The van der Waals surface area contributed by atoms with Gasteiger partial charge in [0.1, 0.15) is 5.82 Å². The molecule has 100 valence electrons. The summed E-state index contributed by atoms with van der Waals surface area (Å²) in [7, 11) is 0. The van der Waals surface area contributed by atoms with Crippen LogP contribution in [0.2, 0.25) is 5.02 Å². The van der Waals surface area contributed by atoms with Gasteiger partial charge in [0.05, 0.1) is 5.02 Å². The number of carboxylic acid groups (broad SMARTS) is 1. The molecule has 0 atom stereocenters. The normalized spacial score (nSPS) is 11.0. The van der Waals surface area contributed by atoms with Crippen molar-refractivity contribution in [3.63, 3.8) is 0 Å². The fourth-order valence-electron chi connectivity index (χ4n) is 1.68. The number of hydrogen-bond acceptors (Lipinski definition) is 3. The molecule has 0 saturated carbocycles. The molecule has 2 aromatic rings. The third-order valence-electron chi connectivity index (χ3n) is 2.69. The van der Waals surface area contributed by atoms with Crippen molar-refractivity contribution in [3.05, 3.63) is 40.3 Å². The molecule has 0 aliphatic carbocycles. The van der Waals surface area contributed by atoms with Gasteiger partial charge in [0.25, 0.3) is 0 Å². The van der Waals surface area contributed by atoms with Crippen molar-refractivity contribution in [2.45, 2.75) is 19.8 Å². The Hall–Kier alpha value is -1.88. The number of halogens is 2. The number of carbonyl (C=O) groups is 1. The monoisotopic (exact) mass is 283 g/mol. The van der Waals surface area contributed by atoms with Crippen LogP contribution in [0.4, 0.5) is 4.39 Å². The number of aromatic nitrogens is 1. The molecule has 0 spiro atoms. The van der Waals surface area contributed by atoms with Crippen LogP contribution in [0.3, 0.4) is 0 Å². The predicted molar refractivity (Wildman–Crippen MR) is 68.0 cm³/mol. The summed E-state index contributed by atoms with van der Waals surface area (Å²) in [5.74, 6) is -1.48.